The largest absolute Gasteiger partial charge is 0.382 e. The molecule has 0 spiro atoms. The lowest BCUT2D eigenvalue weighted by molar-refractivity contribution is -0.172. The Morgan fingerprint density at radius 3 is 2.83 bits per heavy atom. The fraction of sp³-hybridized carbons (Fsp3) is 0.632. The van der Waals surface area contributed by atoms with Crippen LogP contribution in [0.15, 0.2) is 30.3 Å². The molecule has 0 unspecified atom stereocenters. The Morgan fingerprint density at radius 1 is 1.30 bits per heavy atom. The smallest absolute Gasteiger partial charge is 0.228 e. The maximum Gasteiger partial charge on any atom is 0.228 e. The molecule has 0 bridgehead atoms. The normalized spacial score (nSPS) is 39.4. The monoisotopic (exact) mass is 315 g/mol. The van der Waals surface area contributed by atoms with E-state index >= 15 is 0 Å². The molecule has 5 atom stereocenters. The van der Waals surface area contributed by atoms with Crippen molar-refractivity contribution in [3.05, 3.63) is 35.9 Å². The second kappa shape index (κ2) is 5.60. The highest BCUT2D eigenvalue weighted by atomic mass is 16.6. The van der Waals surface area contributed by atoms with Crippen LogP contribution in [0, 0.1) is 11.8 Å². The van der Waals surface area contributed by atoms with Gasteiger partial charge in [0.2, 0.25) is 5.91 Å². The van der Waals surface area contributed by atoms with Crippen LogP contribution in [-0.4, -0.2) is 36.3 Å². The standard InChI is InChI=1S/C19H25NO3/c1-19-11-14-9-6-10-15(14)18(21)20(19)16(12-22-2)17(23-19)13-7-4-3-5-8-13/h3-5,7-8,14-17H,6,9-12H2,1-2H3/t14-,15-,16-,17-,19+/m0/s1. The molecule has 2 saturated heterocycles. The molecule has 3 aliphatic rings. The molecule has 4 rings (SSSR count). The number of methoxy groups -OCH3 is 1. The molecule has 23 heavy (non-hydrogen) atoms. The molecule has 3 fully saturated rings. The molecule has 2 heterocycles. The summed E-state index contributed by atoms with van der Waals surface area (Å²) in [7, 11) is 1.70. The van der Waals surface area contributed by atoms with E-state index in [4.69, 9.17) is 9.47 Å². The molecule has 0 aromatic heterocycles. The Morgan fingerprint density at radius 2 is 2.09 bits per heavy atom. The van der Waals surface area contributed by atoms with Crippen LogP contribution in [0.3, 0.4) is 0 Å². The number of fused-ring (bicyclic) bond motifs is 2. The van der Waals surface area contributed by atoms with E-state index in [0.717, 1.165) is 24.8 Å². The maximum atomic E-state index is 13.1. The zero-order valence-corrected chi connectivity index (χ0v) is 13.9. The van der Waals surface area contributed by atoms with E-state index in [-0.39, 0.29) is 24.0 Å². The number of piperidine rings is 1. The molecule has 1 aromatic rings. The molecule has 4 nitrogen and oxygen atoms in total. The second-order valence-corrected chi connectivity index (χ2v) is 7.36. The summed E-state index contributed by atoms with van der Waals surface area (Å²) in [6.07, 6.45) is 4.21. The average molecular weight is 315 g/mol. The van der Waals surface area contributed by atoms with E-state index in [9.17, 15) is 4.79 Å². The fourth-order valence-corrected chi connectivity index (χ4v) is 4.98. The van der Waals surface area contributed by atoms with E-state index in [1.807, 2.05) is 23.1 Å². The van der Waals surface area contributed by atoms with Crippen LogP contribution in [0.2, 0.25) is 0 Å². The van der Waals surface area contributed by atoms with Crippen molar-refractivity contribution in [1.82, 2.24) is 4.90 Å². The van der Waals surface area contributed by atoms with Gasteiger partial charge in [-0.3, -0.25) is 4.79 Å². The van der Waals surface area contributed by atoms with E-state index < -0.39 is 5.72 Å². The number of hydrogen-bond donors (Lipinski definition) is 0. The molecule has 4 heteroatoms. The molecule has 1 aromatic carbocycles. The quantitative estimate of drug-likeness (QED) is 0.860. The number of nitrogens with zero attached hydrogens (tertiary/aromatic N) is 1. The fourth-order valence-electron chi connectivity index (χ4n) is 4.98. The zero-order valence-electron chi connectivity index (χ0n) is 13.9. The van der Waals surface area contributed by atoms with Gasteiger partial charge in [-0.15, -0.1) is 0 Å². The molecule has 1 saturated carbocycles. The molecule has 124 valence electrons. The molecule has 2 aliphatic heterocycles. The van der Waals surface area contributed by atoms with Gasteiger partial charge in [-0.1, -0.05) is 36.8 Å². The van der Waals surface area contributed by atoms with Gasteiger partial charge in [0.1, 0.15) is 11.8 Å². The lowest BCUT2D eigenvalue weighted by atomic mass is 9.82. The van der Waals surface area contributed by atoms with Gasteiger partial charge in [-0.25, -0.2) is 0 Å². The minimum absolute atomic E-state index is 0.0403. The first-order valence-electron chi connectivity index (χ1n) is 8.69. The van der Waals surface area contributed by atoms with Crippen LogP contribution in [0.4, 0.5) is 0 Å². The van der Waals surface area contributed by atoms with Gasteiger partial charge in [0.05, 0.1) is 12.6 Å². The first-order chi connectivity index (χ1) is 11.1. The summed E-state index contributed by atoms with van der Waals surface area (Å²) in [6, 6.07) is 10.2. The van der Waals surface area contributed by atoms with E-state index in [1.54, 1.807) is 7.11 Å². The first kappa shape index (κ1) is 15.2. The summed E-state index contributed by atoms with van der Waals surface area (Å²) >= 11 is 0. The van der Waals surface area contributed by atoms with Crippen molar-refractivity contribution in [2.75, 3.05) is 13.7 Å². The predicted molar refractivity (Wildman–Crippen MR) is 86.6 cm³/mol. The molecule has 1 amide bonds. The van der Waals surface area contributed by atoms with Gasteiger partial charge in [0, 0.05) is 13.0 Å². The number of carbonyl (C=O) groups is 1. The third-order valence-electron chi connectivity index (χ3n) is 5.89. The predicted octanol–water partition coefficient (Wildman–Crippen LogP) is 3.14. The highest BCUT2D eigenvalue weighted by Gasteiger charge is 2.59. The van der Waals surface area contributed by atoms with Crippen molar-refractivity contribution in [3.63, 3.8) is 0 Å². The lowest BCUT2D eigenvalue weighted by Gasteiger charge is -2.45. The second-order valence-electron chi connectivity index (χ2n) is 7.36. The number of ether oxygens (including phenoxy) is 2. The molecule has 0 radical (unpaired) electrons. The summed E-state index contributed by atoms with van der Waals surface area (Å²) in [5.41, 5.74) is 0.634. The Bertz CT molecular complexity index is 590. The van der Waals surface area contributed by atoms with Gasteiger partial charge < -0.3 is 14.4 Å². The van der Waals surface area contributed by atoms with Gasteiger partial charge in [0.25, 0.3) is 0 Å². The van der Waals surface area contributed by atoms with Crippen molar-refractivity contribution in [2.24, 2.45) is 11.8 Å². The lowest BCUT2D eigenvalue weighted by Crippen LogP contribution is -2.58. The summed E-state index contributed by atoms with van der Waals surface area (Å²) in [5.74, 6) is 0.962. The summed E-state index contributed by atoms with van der Waals surface area (Å²) in [4.78, 5) is 15.2. The van der Waals surface area contributed by atoms with Crippen LogP contribution < -0.4 is 0 Å². The zero-order chi connectivity index (χ0) is 16.0. The van der Waals surface area contributed by atoms with E-state index in [2.05, 4.69) is 19.1 Å². The van der Waals surface area contributed by atoms with Crippen LogP contribution >= 0.6 is 0 Å². The third-order valence-corrected chi connectivity index (χ3v) is 5.89. The average Bonchev–Trinajstić information content (AvgIpc) is 3.11. The minimum atomic E-state index is -0.494. The number of hydrogen-bond acceptors (Lipinski definition) is 3. The van der Waals surface area contributed by atoms with Gasteiger partial charge in [-0.2, -0.15) is 0 Å². The SMILES string of the molecule is COC[C@H]1[C@H](c2ccccc2)O[C@]2(C)C[C@@H]3CCC[C@@H]3C(=O)N12. The van der Waals surface area contributed by atoms with Crippen LogP contribution in [0.1, 0.15) is 44.3 Å². The van der Waals surface area contributed by atoms with Gasteiger partial charge in [-0.05, 0) is 37.7 Å². The van der Waals surface area contributed by atoms with Gasteiger partial charge in [0.15, 0.2) is 0 Å². The van der Waals surface area contributed by atoms with Crippen LogP contribution in [-0.2, 0) is 14.3 Å². The third kappa shape index (κ3) is 2.31. The first-order valence-corrected chi connectivity index (χ1v) is 8.69. The Labute approximate surface area is 137 Å². The number of carbonyl (C=O) groups excluding carboxylic acids is 1. The van der Waals surface area contributed by atoms with Crippen molar-refractivity contribution >= 4 is 5.91 Å². The summed E-state index contributed by atoms with van der Waals surface area (Å²) in [6.45, 7) is 2.60. The van der Waals surface area contributed by atoms with Crippen molar-refractivity contribution in [2.45, 2.75) is 50.5 Å². The Kier molecular flexibility index (Phi) is 3.69. The molecular formula is C19H25NO3. The Balaban J connectivity index is 1.71. The number of benzene rings is 1. The minimum Gasteiger partial charge on any atom is -0.382 e. The highest BCUT2D eigenvalue weighted by Crippen LogP contribution is 2.52. The molecular weight excluding hydrogens is 290 g/mol. The van der Waals surface area contributed by atoms with Crippen LogP contribution in [0.5, 0.6) is 0 Å². The van der Waals surface area contributed by atoms with Crippen molar-refractivity contribution in [3.8, 4) is 0 Å². The van der Waals surface area contributed by atoms with E-state index in [0.29, 0.717) is 12.5 Å². The maximum absolute atomic E-state index is 13.1. The highest BCUT2D eigenvalue weighted by molar-refractivity contribution is 5.82. The Hall–Kier alpha value is -1.39. The number of rotatable bonds is 3. The van der Waals surface area contributed by atoms with Crippen molar-refractivity contribution < 1.29 is 14.3 Å². The molecule has 1 aliphatic carbocycles. The van der Waals surface area contributed by atoms with Gasteiger partial charge >= 0.3 is 0 Å². The number of amides is 1. The summed E-state index contributed by atoms with van der Waals surface area (Å²) in [5, 5.41) is 0. The summed E-state index contributed by atoms with van der Waals surface area (Å²) < 4.78 is 12.0. The molecule has 0 N–H and O–H groups in total. The van der Waals surface area contributed by atoms with Crippen LogP contribution in [0.25, 0.3) is 0 Å². The topological polar surface area (TPSA) is 38.8 Å². The van der Waals surface area contributed by atoms with E-state index in [1.165, 1.54) is 6.42 Å². The van der Waals surface area contributed by atoms with Crippen molar-refractivity contribution in [1.29, 1.82) is 0 Å².